The maximum atomic E-state index is 5.38. The summed E-state index contributed by atoms with van der Waals surface area (Å²) < 4.78 is 0. The Bertz CT molecular complexity index is 379. The van der Waals surface area contributed by atoms with Crippen molar-refractivity contribution in [3.8, 4) is 0 Å². The van der Waals surface area contributed by atoms with Crippen LogP contribution >= 0.6 is 0 Å². The summed E-state index contributed by atoms with van der Waals surface area (Å²) in [6, 6.07) is 4.74. The normalized spacial score (nSPS) is 21.2. The van der Waals surface area contributed by atoms with E-state index >= 15 is 0 Å². The predicted octanol–water partition coefficient (Wildman–Crippen LogP) is 0.893. The molecule has 0 saturated carbocycles. The molecule has 1 saturated heterocycles. The average Bonchev–Trinajstić information content (AvgIpc) is 2.39. The Morgan fingerprint density at radius 3 is 3.11 bits per heavy atom. The summed E-state index contributed by atoms with van der Waals surface area (Å²) in [5.74, 6) is 6.11. The molecule has 0 bridgehead atoms. The lowest BCUT2D eigenvalue weighted by molar-refractivity contribution is 0.128. The molecule has 0 amide bonds. The molecule has 1 fully saturated rings. The average molecular weight is 249 g/mol. The number of hydrogen-bond acceptors (Lipinski definition) is 5. The van der Waals surface area contributed by atoms with Crippen LogP contribution < -0.4 is 11.3 Å². The molecule has 3 N–H and O–H groups in total. The standard InChI is InChI=1S/C13H23N5/c1-17(2)12-4-3-7-18(10-12)9-11-5-6-15-13(8-11)16-14/h5-6,8,12H,3-4,7,9-10,14H2,1-2H3,(H,15,16). The molecule has 5 heteroatoms. The molecule has 0 spiro atoms. The van der Waals surface area contributed by atoms with Crippen molar-refractivity contribution >= 4 is 5.82 Å². The van der Waals surface area contributed by atoms with E-state index < -0.39 is 0 Å². The highest BCUT2D eigenvalue weighted by Gasteiger charge is 2.21. The van der Waals surface area contributed by atoms with E-state index in [2.05, 4.69) is 40.4 Å². The molecule has 0 aliphatic carbocycles. The molecule has 5 nitrogen and oxygen atoms in total. The highest BCUT2D eigenvalue weighted by atomic mass is 15.2. The van der Waals surface area contributed by atoms with Gasteiger partial charge >= 0.3 is 0 Å². The lowest BCUT2D eigenvalue weighted by Crippen LogP contribution is -2.44. The van der Waals surface area contributed by atoms with Gasteiger partial charge in [-0.25, -0.2) is 10.8 Å². The number of likely N-dealkylation sites (tertiary alicyclic amines) is 1. The Morgan fingerprint density at radius 1 is 1.56 bits per heavy atom. The molecule has 1 unspecified atom stereocenters. The quantitative estimate of drug-likeness (QED) is 0.613. The van der Waals surface area contributed by atoms with Crippen molar-refractivity contribution in [2.75, 3.05) is 32.6 Å². The van der Waals surface area contributed by atoms with Gasteiger partial charge in [-0.05, 0) is 51.2 Å². The van der Waals surface area contributed by atoms with E-state index in [1.807, 2.05) is 6.07 Å². The van der Waals surface area contributed by atoms with Crippen LogP contribution in [0, 0.1) is 0 Å². The van der Waals surface area contributed by atoms with Crippen LogP contribution in [0.4, 0.5) is 5.82 Å². The van der Waals surface area contributed by atoms with Crippen LogP contribution in [0.25, 0.3) is 0 Å². The first-order valence-electron chi connectivity index (χ1n) is 6.49. The molecule has 18 heavy (non-hydrogen) atoms. The van der Waals surface area contributed by atoms with Crippen LogP contribution in [0.3, 0.4) is 0 Å². The van der Waals surface area contributed by atoms with Gasteiger partial charge in [0.15, 0.2) is 0 Å². The number of pyridine rings is 1. The van der Waals surface area contributed by atoms with Crippen LogP contribution in [0.1, 0.15) is 18.4 Å². The van der Waals surface area contributed by atoms with Crippen LogP contribution in [0.15, 0.2) is 18.3 Å². The van der Waals surface area contributed by atoms with Crippen molar-refractivity contribution in [3.63, 3.8) is 0 Å². The molecule has 1 aromatic heterocycles. The summed E-state index contributed by atoms with van der Waals surface area (Å²) in [6.45, 7) is 3.29. The van der Waals surface area contributed by atoms with Gasteiger partial charge in [-0.15, -0.1) is 0 Å². The second-order valence-corrected chi connectivity index (χ2v) is 5.19. The maximum absolute atomic E-state index is 5.38. The SMILES string of the molecule is CN(C)C1CCCN(Cc2ccnc(NN)c2)C1. The van der Waals surface area contributed by atoms with E-state index in [4.69, 9.17) is 5.84 Å². The fourth-order valence-electron chi connectivity index (χ4n) is 2.51. The van der Waals surface area contributed by atoms with E-state index in [-0.39, 0.29) is 0 Å². The Morgan fingerprint density at radius 2 is 2.39 bits per heavy atom. The zero-order valence-electron chi connectivity index (χ0n) is 11.3. The van der Waals surface area contributed by atoms with Crippen molar-refractivity contribution in [1.82, 2.24) is 14.8 Å². The fraction of sp³-hybridized carbons (Fsp3) is 0.615. The topological polar surface area (TPSA) is 57.4 Å². The number of nitrogens with zero attached hydrogens (tertiary/aromatic N) is 3. The summed E-state index contributed by atoms with van der Waals surface area (Å²) >= 11 is 0. The monoisotopic (exact) mass is 249 g/mol. The fourth-order valence-corrected chi connectivity index (χ4v) is 2.51. The van der Waals surface area contributed by atoms with E-state index in [0.717, 1.165) is 18.9 Å². The summed E-state index contributed by atoms with van der Waals surface area (Å²) in [5, 5.41) is 0. The second-order valence-electron chi connectivity index (χ2n) is 5.19. The van der Waals surface area contributed by atoms with Crippen molar-refractivity contribution in [2.24, 2.45) is 5.84 Å². The number of nitrogen functional groups attached to an aromatic ring is 1. The molecule has 1 aliphatic heterocycles. The van der Waals surface area contributed by atoms with E-state index in [0.29, 0.717) is 6.04 Å². The predicted molar refractivity (Wildman–Crippen MR) is 74.0 cm³/mol. The number of hydrogen-bond donors (Lipinski definition) is 2. The summed E-state index contributed by atoms with van der Waals surface area (Å²) in [7, 11) is 4.33. The third-order valence-corrected chi connectivity index (χ3v) is 3.59. The van der Waals surface area contributed by atoms with Gasteiger partial charge in [0.25, 0.3) is 0 Å². The molecule has 1 aliphatic rings. The number of nitrogens with two attached hydrogens (primary N) is 1. The zero-order chi connectivity index (χ0) is 13.0. The van der Waals surface area contributed by atoms with Crippen molar-refractivity contribution < 1.29 is 0 Å². The largest absolute Gasteiger partial charge is 0.308 e. The van der Waals surface area contributed by atoms with Crippen LogP contribution in [0.5, 0.6) is 0 Å². The molecular weight excluding hydrogens is 226 g/mol. The number of hydrazine groups is 1. The Balaban J connectivity index is 1.95. The molecular formula is C13H23N5. The Kier molecular flexibility index (Phi) is 4.52. The van der Waals surface area contributed by atoms with Gasteiger partial charge in [-0.1, -0.05) is 0 Å². The lowest BCUT2D eigenvalue weighted by Gasteiger charge is -2.36. The molecule has 100 valence electrons. The molecule has 2 heterocycles. The van der Waals surface area contributed by atoms with Gasteiger partial charge in [-0.3, -0.25) is 4.90 Å². The van der Waals surface area contributed by atoms with E-state index in [1.165, 1.54) is 24.9 Å². The number of nitrogens with one attached hydrogen (secondary N) is 1. The van der Waals surface area contributed by atoms with Gasteiger partial charge in [0.05, 0.1) is 0 Å². The first-order chi connectivity index (χ1) is 8.69. The summed E-state index contributed by atoms with van der Waals surface area (Å²) in [4.78, 5) is 8.96. The third-order valence-electron chi connectivity index (χ3n) is 3.59. The minimum Gasteiger partial charge on any atom is -0.308 e. The van der Waals surface area contributed by atoms with Gasteiger partial charge in [-0.2, -0.15) is 0 Å². The smallest absolute Gasteiger partial charge is 0.140 e. The first kappa shape index (κ1) is 13.3. The van der Waals surface area contributed by atoms with Gasteiger partial charge < -0.3 is 10.3 Å². The van der Waals surface area contributed by atoms with Crippen LogP contribution in [-0.2, 0) is 6.54 Å². The van der Waals surface area contributed by atoms with Crippen molar-refractivity contribution in [3.05, 3.63) is 23.9 Å². The molecule has 0 radical (unpaired) electrons. The molecule has 0 aromatic carbocycles. The van der Waals surface area contributed by atoms with E-state index in [1.54, 1.807) is 6.20 Å². The minimum absolute atomic E-state index is 0.674. The van der Waals surface area contributed by atoms with Gasteiger partial charge in [0, 0.05) is 25.3 Å². The zero-order valence-corrected chi connectivity index (χ0v) is 11.3. The highest BCUT2D eigenvalue weighted by molar-refractivity contribution is 5.35. The maximum Gasteiger partial charge on any atom is 0.140 e. The molecule has 1 atom stereocenters. The number of piperidine rings is 1. The van der Waals surface area contributed by atoms with Crippen molar-refractivity contribution in [2.45, 2.75) is 25.4 Å². The number of likely N-dealkylation sites (N-methyl/N-ethyl adjacent to an activating group) is 1. The van der Waals surface area contributed by atoms with Gasteiger partial charge in [0.1, 0.15) is 5.82 Å². The first-order valence-corrected chi connectivity index (χ1v) is 6.49. The van der Waals surface area contributed by atoms with E-state index in [9.17, 15) is 0 Å². The third kappa shape index (κ3) is 3.41. The van der Waals surface area contributed by atoms with Gasteiger partial charge in [0.2, 0.25) is 0 Å². The minimum atomic E-state index is 0.674. The van der Waals surface area contributed by atoms with Crippen LogP contribution in [0.2, 0.25) is 0 Å². The second kappa shape index (κ2) is 6.13. The number of anilines is 1. The highest BCUT2D eigenvalue weighted by Crippen LogP contribution is 2.17. The van der Waals surface area contributed by atoms with Crippen molar-refractivity contribution in [1.29, 1.82) is 0 Å². The summed E-state index contributed by atoms with van der Waals surface area (Å²) in [5.41, 5.74) is 3.86. The Labute approximate surface area is 109 Å². The summed E-state index contributed by atoms with van der Waals surface area (Å²) in [6.07, 6.45) is 4.38. The number of rotatable bonds is 4. The molecule has 2 rings (SSSR count). The lowest BCUT2D eigenvalue weighted by atomic mass is 10.0. The number of aromatic nitrogens is 1. The Hall–Kier alpha value is -1.17. The van der Waals surface area contributed by atoms with Crippen LogP contribution in [-0.4, -0.2) is 48.0 Å². The molecule has 1 aromatic rings.